The number of carboxylic acids is 1. The normalized spacial score (nSPS) is 11.7. The van der Waals surface area contributed by atoms with E-state index in [-0.39, 0.29) is 28.8 Å². The standard InChI is InChI=1S/C18H13F3N2O3S/c19-18(20,21)11-4-3-5-12(10-11)27-9-8-23-16(24)14-7-2-1-6-13(14)15(22-23)17(25)26/h1-7,10H,8-9H2,(H,25,26)/p-1. The van der Waals surface area contributed by atoms with Crippen LogP contribution in [0.15, 0.2) is 58.2 Å². The third kappa shape index (κ3) is 4.13. The van der Waals surface area contributed by atoms with Gasteiger partial charge in [0.2, 0.25) is 0 Å². The minimum absolute atomic E-state index is 0.0326. The Kier molecular flexibility index (Phi) is 5.22. The molecule has 140 valence electrons. The van der Waals surface area contributed by atoms with Gasteiger partial charge in [0, 0.05) is 16.0 Å². The zero-order valence-electron chi connectivity index (χ0n) is 13.7. The van der Waals surface area contributed by atoms with Crippen molar-refractivity contribution in [3.8, 4) is 0 Å². The van der Waals surface area contributed by atoms with Crippen molar-refractivity contribution in [1.29, 1.82) is 0 Å². The topological polar surface area (TPSA) is 75.0 Å². The van der Waals surface area contributed by atoms with Crippen LogP contribution in [-0.2, 0) is 12.7 Å². The summed E-state index contributed by atoms with van der Waals surface area (Å²) >= 11 is 1.11. The number of aromatic carboxylic acids is 1. The minimum Gasteiger partial charge on any atom is -0.543 e. The molecule has 0 spiro atoms. The maximum absolute atomic E-state index is 12.8. The van der Waals surface area contributed by atoms with Crippen molar-refractivity contribution in [1.82, 2.24) is 9.78 Å². The minimum atomic E-state index is -4.43. The number of benzene rings is 2. The number of aromatic nitrogens is 2. The van der Waals surface area contributed by atoms with Crippen LogP contribution >= 0.6 is 11.8 Å². The summed E-state index contributed by atoms with van der Waals surface area (Å²) in [5, 5.41) is 15.5. The van der Waals surface area contributed by atoms with Gasteiger partial charge in [0.05, 0.1) is 23.5 Å². The molecule has 0 bridgehead atoms. The number of carboxylic acid groups (broad SMARTS) is 1. The van der Waals surface area contributed by atoms with Gasteiger partial charge in [-0.25, -0.2) is 4.68 Å². The van der Waals surface area contributed by atoms with Gasteiger partial charge in [-0.05, 0) is 24.3 Å². The Labute approximate surface area is 155 Å². The first-order chi connectivity index (χ1) is 12.8. The van der Waals surface area contributed by atoms with Crippen LogP contribution in [0, 0.1) is 0 Å². The van der Waals surface area contributed by atoms with E-state index < -0.39 is 23.3 Å². The number of carbonyl (C=O) groups is 1. The van der Waals surface area contributed by atoms with E-state index in [1.807, 2.05) is 0 Å². The fraction of sp³-hybridized carbons (Fsp3) is 0.167. The summed E-state index contributed by atoms with van der Waals surface area (Å²) in [6.45, 7) is 0.0326. The maximum atomic E-state index is 12.8. The van der Waals surface area contributed by atoms with Crippen LogP contribution in [0.25, 0.3) is 10.8 Å². The first kappa shape index (κ1) is 19.0. The lowest BCUT2D eigenvalue weighted by Gasteiger charge is -2.12. The summed E-state index contributed by atoms with van der Waals surface area (Å²) in [7, 11) is 0. The van der Waals surface area contributed by atoms with Crippen molar-refractivity contribution in [2.75, 3.05) is 5.75 Å². The molecule has 1 aromatic heterocycles. The lowest BCUT2D eigenvalue weighted by Crippen LogP contribution is -2.31. The molecule has 0 saturated heterocycles. The third-order valence-electron chi connectivity index (χ3n) is 3.79. The summed E-state index contributed by atoms with van der Waals surface area (Å²) in [6, 6.07) is 11.0. The number of halogens is 3. The SMILES string of the molecule is O=C([O-])c1nn(CCSc2cccc(C(F)(F)F)c2)c(=O)c2ccccc12. The monoisotopic (exact) mass is 393 g/mol. The Balaban J connectivity index is 1.83. The average molecular weight is 393 g/mol. The van der Waals surface area contributed by atoms with Gasteiger partial charge < -0.3 is 9.90 Å². The molecule has 2 aromatic carbocycles. The van der Waals surface area contributed by atoms with Gasteiger partial charge >= 0.3 is 6.18 Å². The van der Waals surface area contributed by atoms with Gasteiger partial charge in [-0.1, -0.05) is 24.3 Å². The average Bonchev–Trinajstić information content (AvgIpc) is 2.63. The molecule has 0 aliphatic rings. The van der Waals surface area contributed by atoms with Crippen LogP contribution < -0.4 is 10.7 Å². The maximum Gasteiger partial charge on any atom is 0.416 e. The van der Waals surface area contributed by atoms with Crippen molar-refractivity contribution >= 4 is 28.5 Å². The van der Waals surface area contributed by atoms with E-state index in [4.69, 9.17) is 0 Å². The van der Waals surface area contributed by atoms with Crippen molar-refractivity contribution in [2.24, 2.45) is 0 Å². The van der Waals surface area contributed by atoms with Crippen LogP contribution in [0.4, 0.5) is 13.2 Å². The Hall–Kier alpha value is -2.81. The van der Waals surface area contributed by atoms with Gasteiger partial charge in [-0.3, -0.25) is 4.79 Å². The molecule has 27 heavy (non-hydrogen) atoms. The molecule has 0 N–H and O–H groups in total. The van der Waals surface area contributed by atoms with E-state index in [1.54, 1.807) is 12.1 Å². The summed E-state index contributed by atoms with van der Waals surface area (Å²) in [5.41, 5.74) is -1.58. The number of rotatable bonds is 5. The number of alkyl halides is 3. The molecule has 5 nitrogen and oxygen atoms in total. The smallest absolute Gasteiger partial charge is 0.416 e. The van der Waals surface area contributed by atoms with E-state index in [1.165, 1.54) is 24.3 Å². The number of carbonyl (C=O) groups excluding carboxylic acids is 1. The molecule has 0 saturated carbocycles. The fourth-order valence-electron chi connectivity index (χ4n) is 2.55. The molecule has 0 atom stereocenters. The molecule has 3 aromatic rings. The summed E-state index contributed by atoms with van der Waals surface area (Å²) in [5.74, 6) is -1.27. The quantitative estimate of drug-likeness (QED) is 0.623. The molecule has 0 aliphatic heterocycles. The number of nitrogens with zero attached hydrogens (tertiary/aromatic N) is 2. The molecule has 0 aliphatic carbocycles. The summed E-state index contributed by atoms with van der Waals surface area (Å²) < 4.78 is 39.2. The Morgan fingerprint density at radius 1 is 1.11 bits per heavy atom. The second-order valence-corrected chi connectivity index (χ2v) is 6.75. The van der Waals surface area contributed by atoms with E-state index in [0.717, 1.165) is 28.6 Å². The van der Waals surface area contributed by atoms with E-state index in [9.17, 15) is 27.9 Å². The summed E-state index contributed by atoms with van der Waals surface area (Å²) in [4.78, 5) is 24.2. The number of aryl methyl sites for hydroxylation is 1. The van der Waals surface area contributed by atoms with E-state index in [2.05, 4.69) is 5.10 Å². The summed E-state index contributed by atoms with van der Waals surface area (Å²) in [6.07, 6.45) is -4.43. The van der Waals surface area contributed by atoms with Gasteiger partial charge in [0.25, 0.3) is 5.56 Å². The first-order valence-electron chi connectivity index (χ1n) is 7.78. The Morgan fingerprint density at radius 2 is 1.81 bits per heavy atom. The van der Waals surface area contributed by atoms with Crippen LogP contribution in [0.2, 0.25) is 0 Å². The lowest BCUT2D eigenvalue weighted by atomic mass is 10.1. The van der Waals surface area contributed by atoms with Gasteiger partial charge in [0.15, 0.2) is 0 Å². The highest BCUT2D eigenvalue weighted by atomic mass is 32.2. The van der Waals surface area contributed by atoms with Gasteiger partial charge in [-0.15, -0.1) is 11.8 Å². The van der Waals surface area contributed by atoms with Crippen LogP contribution in [-0.4, -0.2) is 21.5 Å². The first-order valence-corrected chi connectivity index (χ1v) is 8.77. The predicted octanol–water partition coefficient (Wildman–Crippen LogP) is 2.57. The molecular weight excluding hydrogens is 381 g/mol. The molecule has 0 unspecified atom stereocenters. The molecule has 0 amide bonds. The fourth-order valence-corrected chi connectivity index (χ4v) is 3.43. The van der Waals surface area contributed by atoms with Crippen molar-refractivity contribution in [3.05, 3.63) is 70.1 Å². The van der Waals surface area contributed by atoms with Gasteiger partial charge in [-0.2, -0.15) is 18.3 Å². The number of thioether (sulfide) groups is 1. The second kappa shape index (κ2) is 7.43. The molecular formula is C18H12F3N2O3S-. The number of hydrogen-bond acceptors (Lipinski definition) is 5. The largest absolute Gasteiger partial charge is 0.543 e. The molecule has 3 rings (SSSR count). The Morgan fingerprint density at radius 3 is 2.48 bits per heavy atom. The van der Waals surface area contributed by atoms with Gasteiger partial charge in [0.1, 0.15) is 5.69 Å². The molecule has 1 heterocycles. The molecule has 0 fully saturated rings. The molecule has 9 heteroatoms. The lowest BCUT2D eigenvalue weighted by molar-refractivity contribution is -0.255. The third-order valence-corrected chi connectivity index (χ3v) is 4.77. The zero-order chi connectivity index (χ0) is 19.6. The van der Waals surface area contributed by atoms with Crippen LogP contribution in [0.1, 0.15) is 16.1 Å². The van der Waals surface area contributed by atoms with Crippen LogP contribution in [0.3, 0.4) is 0 Å². The number of hydrogen-bond donors (Lipinski definition) is 0. The zero-order valence-corrected chi connectivity index (χ0v) is 14.5. The Bertz CT molecular complexity index is 1060. The van der Waals surface area contributed by atoms with Crippen molar-refractivity contribution < 1.29 is 23.1 Å². The van der Waals surface area contributed by atoms with Crippen LogP contribution in [0.5, 0.6) is 0 Å². The molecule has 0 radical (unpaired) electrons. The second-order valence-electron chi connectivity index (χ2n) is 5.58. The van der Waals surface area contributed by atoms with Crippen molar-refractivity contribution in [3.63, 3.8) is 0 Å². The highest BCUT2D eigenvalue weighted by Crippen LogP contribution is 2.31. The van der Waals surface area contributed by atoms with E-state index in [0.29, 0.717) is 4.90 Å². The number of fused-ring (bicyclic) bond motifs is 1. The van der Waals surface area contributed by atoms with Crippen molar-refractivity contribution in [2.45, 2.75) is 17.6 Å². The van der Waals surface area contributed by atoms with E-state index >= 15 is 0 Å². The predicted molar refractivity (Wildman–Crippen MR) is 92.5 cm³/mol. The highest BCUT2D eigenvalue weighted by molar-refractivity contribution is 7.99. The highest BCUT2D eigenvalue weighted by Gasteiger charge is 2.30.